The molecule has 1 aromatic rings. The van der Waals surface area contributed by atoms with Gasteiger partial charge in [0.25, 0.3) is 0 Å². The summed E-state index contributed by atoms with van der Waals surface area (Å²) >= 11 is 0. The van der Waals surface area contributed by atoms with Crippen LogP contribution in [0.2, 0.25) is 0 Å². The predicted octanol–water partition coefficient (Wildman–Crippen LogP) is 1.86. The van der Waals surface area contributed by atoms with Crippen LogP contribution in [-0.4, -0.2) is 24.2 Å². The number of hydrogen-bond donors (Lipinski definition) is 3. The predicted molar refractivity (Wildman–Crippen MR) is 73.2 cm³/mol. The van der Waals surface area contributed by atoms with Crippen molar-refractivity contribution in [3.63, 3.8) is 0 Å². The number of amides is 1. The first-order valence-corrected chi connectivity index (χ1v) is 6.55. The minimum absolute atomic E-state index is 0.00763. The molecule has 0 bridgehead atoms. The van der Waals surface area contributed by atoms with Crippen molar-refractivity contribution in [2.45, 2.75) is 31.7 Å². The number of nitrogens with two attached hydrogens (primary N) is 1. The first kappa shape index (κ1) is 13.7. The summed E-state index contributed by atoms with van der Waals surface area (Å²) in [5.74, 6) is 0.176. The number of nitrogens with one attached hydrogen (secondary N) is 1. The molecule has 19 heavy (non-hydrogen) atoms. The second kappa shape index (κ2) is 5.93. The van der Waals surface area contributed by atoms with E-state index in [2.05, 4.69) is 5.32 Å². The average Bonchev–Trinajstić information content (AvgIpc) is 2.39. The molecule has 5 nitrogen and oxygen atoms in total. The molecule has 0 radical (unpaired) electrons. The highest BCUT2D eigenvalue weighted by atomic mass is 16.5. The van der Waals surface area contributed by atoms with Crippen LogP contribution in [0.15, 0.2) is 18.2 Å². The summed E-state index contributed by atoms with van der Waals surface area (Å²) in [6, 6.07) is 4.72. The van der Waals surface area contributed by atoms with E-state index in [4.69, 9.17) is 10.5 Å². The summed E-state index contributed by atoms with van der Waals surface area (Å²) in [4.78, 5) is 12.1. The molecule has 1 aromatic carbocycles. The van der Waals surface area contributed by atoms with Gasteiger partial charge in [-0.2, -0.15) is 0 Å². The minimum atomic E-state index is -0.141. The lowest BCUT2D eigenvalue weighted by atomic mass is 9.84. The zero-order valence-corrected chi connectivity index (χ0v) is 11.1. The van der Waals surface area contributed by atoms with Crippen LogP contribution in [0.25, 0.3) is 0 Å². The molecule has 0 aromatic heterocycles. The Morgan fingerprint density at radius 2 is 2.16 bits per heavy atom. The fourth-order valence-electron chi connectivity index (χ4n) is 2.49. The third-order valence-electron chi connectivity index (χ3n) is 3.60. The monoisotopic (exact) mass is 264 g/mol. The molecule has 4 N–H and O–H groups in total. The molecule has 0 spiro atoms. The van der Waals surface area contributed by atoms with Gasteiger partial charge in [-0.3, -0.25) is 4.79 Å². The number of hydrogen-bond acceptors (Lipinski definition) is 4. The normalized spacial score (nSPS) is 22.8. The first-order valence-electron chi connectivity index (χ1n) is 6.55. The van der Waals surface area contributed by atoms with Gasteiger partial charge in [0.2, 0.25) is 5.91 Å². The van der Waals surface area contributed by atoms with E-state index in [0.717, 1.165) is 25.7 Å². The maximum atomic E-state index is 12.1. The standard InChI is InChI=1S/C14H20N2O3/c1-19-13-7-6-9(8-12(13)17)16-14(18)10-4-2-3-5-11(10)15/h6-8,10-11,17H,2-5,15H2,1H3,(H,16,18). The smallest absolute Gasteiger partial charge is 0.229 e. The van der Waals surface area contributed by atoms with Crippen molar-refractivity contribution in [3.8, 4) is 11.5 Å². The molecule has 0 aliphatic heterocycles. The Morgan fingerprint density at radius 1 is 1.42 bits per heavy atom. The van der Waals surface area contributed by atoms with Crippen molar-refractivity contribution in [2.75, 3.05) is 12.4 Å². The van der Waals surface area contributed by atoms with Gasteiger partial charge in [-0.25, -0.2) is 0 Å². The Bertz CT molecular complexity index is 462. The van der Waals surface area contributed by atoms with Crippen molar-refractivity contribution in [2.24, 2.45) is 11.7 Å². The second-order valence-corrected chi connectivity index (χ2v) is 4.93. The molecule has 5 heteroatoms. The number of ether oxygens (including phenoxy) is 1. The molecule has 1 aliphatic rings. The van der Waals surface area contributed by atoms with Gasteiger partial charge in [0, 0.05) is 17.8 Å². The van der Waals surface area contributed by atoms with E-state index in [1.807, 2.05) is 0 Å². The molecule has 1 amide bonds. The number of methoxy groups -OCH3 is 1. The topological polar surface area (TPSA) is 84.6 Å². The molecule has 2 rings (SSSR count). The molecule has 1 saturated carbocycles. The van der Waals surface area contributed by atoms with Crippen molar-refractivity contribution < 1.29 is 14.6 Å². The van der Waals surface area contributed by atoms with Crippen LogP contribution in [0.3, 0.4) is 0 Å². The van der Waals surface area contributed by atoms with E-state index in [1.165, 1.54) is 13.2 Å². The Kier molecular flexibility index (Phi) is 4.27. The Balaban J connectivity index is 2.04. The zero-order chi connectivity index (χ0) is 13.8. The third kappa shape index (κ3) is 3.17. The van der Waals surface area contributed by atoms with Crippen molar-refractivity contribution >= 4 is 11.6 Å². The lowest BCUT2D eigenvalue weighted by Crippen LogP contribution is -2.40. The fourth-order valence-corrected chi connectivity index (χ4v) is 2.49. The Morgan fingerprint density at radius 3 is 2.79 bits per heavy atom. The van der Waals surface area contributed by atoms with Crippen LogP contribution in [0, 0.1) is 5.92 Å². The SMILES string of the molecule is COc1ccc(NC(=O)C2CCCCC2N)cc1O. The summed E-state index contributed by atoms with van der Waals surface area (Å²) < 4.78 is 4.96. The highest BCUT2D eigenvalue weighted by Crippen LogP contribution is 2.30. The van der Waals surface area contributed by atoms with Gasteiger partial charge in [0.1, 0.15) is 0 Å². The maximum absolute atomic E-state index is 12.1. The van der Waals surface area contributed by atoms with Crippen LogP contribution in [-0.2, 0) is 4.79 Å². The van der Waals surface area contributed by atoms with Crippen molar-refractivity contribution in [1.29, 1.82) is 0 Å². The van der Waals surface area contributed by atoms with Gasteiger partial charge in [-0.15, -0.1) is 0 Å². The second-order valence-electron chi connectivity index (χ2n) is 4.93. The zero-order valence-electron chi connectivity index (χ0n) is 11.1. The average molecular weight is 264 g/mol. The highest BCUT2D eigenvalue weighted by Gasteiger charge is 2.28. The number of aromatic hydroxyl groups is 1. The van der Waals surface area contributed by atoms with Crippen molar-refractivity contribution in [3.05, 3.63) is 18.2 Å². The molecule has 0 heterocycles. The lowest BCUT2D eigenvalue weighted by molar-refractivity contribution is -0.121. The number of anilines is 1. The van der Waals surface area contributed by atoms with Gasteiger partial charge >= 0.3 is 0 Å². The summed E-state index contributed by atoms with van der Waals surface area (Å²) in [5, 5.41) is 12.5. The van der Waals surface area contributed by atoms with Crippen LogP contribution >= 0.6 is 0 Å². The van der Waals surface area contributed by atoms with E-state index in [-0.39, 0.29) is 23.6 Å². The maximum Gasteiger partial charge on any atom is 0.229 e. The van der Waals surface area contributed by atoms with Gasteiger partial charge < -0.3 is 20.9 Å². The van der Waals surface area contributed by atoms with Crippen LogP contribution in [0.1, 0.15) is 25.7 Å². The van der Waals surface area contributed by atoms with E-state index in [9.17, 15) is 9.90 Å². The third-order valence-corrected chi connectivity index (χ3v) is 3.60. The van der Waals surface area contributed by atoms with Gasteiger partial charge in [0.05, 0.1) is 13.0 Å². The number of benzene rings is 1. The molecule has 2 unspecified atom stereocenters. The number of carbonyl (C=O) groups is 1. The van der Waals surface area contributed by atoms with Crippen LogP contribution in [0.4, 0.5) is 5.69 Å². The number of carbonyl (C=O) groups excluding carboxylic acids is 1. The van der Waals surface area contributed by atoms with Gasteiger partial charge in [-0.05, 0) is 25.0 Å². The molecule has 104 valence electrons. The number of phenols is 1. The molecule has 1 aliphatic carbocycles. The quantitative estimate of drug-likeness (QED) is 0.778. The number of phenolic OH excluding ortho intramolecular Hbond substituents is 1. The molecular formula is C14H20N2O3. The summed E-state index contributed by atoms with van der Waals surface area (Å²) in [6.07, 6.45) is 3.86. The van der Waals surface area contributed by atoms with Crippen LogP contribution in [0.5, 0.6) is 11.5 Å². The van der Waals surface area contributed by atoms with E-state index >= 15 is 0 Å². The summed E-state index contributed by atoms with van der Waals surface area (Å²) in [6.45, 7) is 0. The van der Waals surface area contributed by atoms with Crippen LogP contribution < -0.4 is 15.8 Å². The minimum Gasteiger partial charge on any atom is -0.504 e. The summed E-state index contributed by atoms with van der Waals surface area (Å²) in [7, 11) is 1.48. The van der Waals surface area contributed by atoms with Gasteiger partial charge in [0.15, 0.2) is 11.5 Å². The molecule has 0 saturated heterocycles. The molecule has 1 fully saturated rings. The number of rotatable bonds is 3. The lowest BCUT2D eigenvalue weighted by Gasteiger charge is -2.27. The Labute approximate surface area is 112 Å². The fraction of sp³-hybridized carbons (Fsp3) is 0.500. The molecule has 2 atom stereocenters. The van der Waals surface area contributed by atoms with Gasteiger partial charge in [-0.1, -0.05) is 12.8 Å². The van der Waals surface area contributed by atoms with Crippen molar-refractivity contribution in [1.82, 2.24) is 0 Å². The summed E-state index contributed by atoms with van der Waals surface area (Å²) in [5.41, 5.74) is 6.54. The van der Waals surface area contributed by atoms with E-state index in [1.54, 1.807) is 12.1 Å². The largest absolute Gasteiger partial charge is 0.504 e. The highest BCUT2D eigenvalue weighted by molar-refractivity contribution is 5.93. The van der Waals surface area contributed by atoms with E-state index in [0.29, 0.717) is 11.4 Å². The first-order chi connectivity index (χ1) is 9.11. The Hall–Kier alpha value is -1.75. The molecular weight excluding hydrogens is 244 g/mol. The van der Waals surface area contributed by atoms with E-state index < -0.39 is 0 Å².